The van der Waals surface area contributed by atoms with Crippen molar-refractivity contribution < 1.29 is 9.53 Å². The third-order valence-corrected chi connectivity index (χ3v) is 3.49. The fourth-order valence-corrected chi connectivity index (χ4v) is 2.78. The smallest absolute Gasteiger partial charge is 0.224 e. The minimum Gasteiger partial charge on any atom is -0.494 e. The summed E-state index contributed by atoms with van der Waals surface area (Å²) >= 11 is 5.34. The van der Waals surface area contributed by atoms with E-state index in [9.17, 15) is 4.79 Å². The zero-order valence-electron chi connectivity index (χ0n) is 13.5. The van der Waals surface area contributed by atoms with Crippen LogP contribution in [0, 0.1) is 0 Å². The highest BCUT2D eigenvalue weighted by molar-refractivity contribution is 7.80. The van der Waals surface area contributed by atoms with Crippen molar-refractivity contribution in [2.24, 2.45) is 0 Å². The third-order valence-electron chi connectivity index (χ3n) is 3.29. The number of carbonyl (C=O) groups is 1. The first-order chi connectivity index (χ1) is 10.3. The fraction of sp³-hybridized carbons (Fsp3) is 0.500. The molecule has 1 aliphatic rings. The van der Waals surface area contributed by atoms with Crippen molar-refractivity contribution in [1.82, 2.24) is 5.32 Å². The molecule has 2 rings (SSSR count). The molecule has 1 aromatic carbocycles. The van der Waals surface area contributed by atoms with Gasteiger partial charge in [0.15, 0.2) is 5.11 Å². The van der Waals surface area contributed by atoms with Crippen LogP contribution < -0.4 is 20.7 Å². The number of thiocarbonyl (C=S) groups is 1. The Morgan fingerprint density at radius 1 is 1.32 bits per heavy atom. The Kier molecular flexibility index (Phi) is 4.90. The van der Waals surface area contributed by atoms with Gasteiger partial charge in [-0.05, 0) is 57.5 Å². The van der Waals surface area contributed by atoms with Gasteiger partial charge >= 0.3 is 0 Å². The SMILES string of the molecule is COc1cc2c(cc1NC(=S)NC(C)(C)C)CCCC(=O)N2. The Bertz CT molecular complexity index is 594. The first-order valence-electron chi connectivity index (χ1n) is 7.38. The van der Waals surface area contributed by atoms with E-state index in [1.165, 1.54) is 0 Å². The fourth-order valence-electron chi connectivity index (χ4n) is 2.36. The maximum Gasteiger partial charge on any atom is 0.224 e. The Balaban J connectivity index is 2.26. The van der Waals surface area contributed by atoms with Gasteiger partial charge in [-0.1, -0.05) is 0 Å². The minimum atomic E-state index is -0.114. The Hall–Kier alpha value is -1.82. The normalized spacial score (nSPS) is 14.5. The van der Waals surface area contributed by atoms with E-state index in [-0.39, 0.29) is 11.4 Å². The molecular weight excluding hydrogens is 298 g/mol. The van der Waals surface area contributed by atoms with Crippen molar-refractivity contribution in [2.75, 3.05) is 17.7 Å². The van der Waals surface area contributed by atoms with Crippen molar-refractivity contribution >= 4 is 34.6 Å². The molecule has 0 bridgehead atoms. The van der Waals surface area contributed by atoms with Crippen molar-refractivity contribution in [1.29, 1.82) is 0 Å². The lowest BCUT2D eigenvalue weighted by Gasteiger charge is -2.24. The lowest BCUT2D eigenvalue weighted by molar-refractivity contribution is -0.116. The van der Waals surface area contributed by atoms with E-state index in [0.29, 0.717) is 17.3 Å². The summed E-state index contributed by atoms with van der Waals surface area (Å²) in [6.07, 6.45) is 2.24. The van der Waals surface area contributed by atoms with Gasteiger partial charge in [-0.2, -0.15) is 0 Å². The van der Waals surface area contributed by atoms with Crippen LogP contribution >= 0.6 is 12.2 Å². The minimum absolute atomic E-state index is 0.0476. The predicted molar refractivity (Wildman–Crippen MR) is 93.7 cm³/mol. The average molecular weight is 321 g/mol. The lowest BCUT2D eigenvalue weighted by atomic mass is 10.1. The molecule has 0 unspecified atom stereocenters. The van der Waals surface area contributed by atoms with Gasteiger partial charge in [-0.15, -0.1) is 0 Å². The number of anilines is 2. The van der Waals surface area contributed by atoms with Gasteiger partial charge in [0.05, 0.1) is 12.8 Å². The van der Waals surface area contributed by atoms with Gasteiger partial charge in [0.1, 0.15) is 5.75 Å². The molecule has 5 nitrogen and oxygen atoms in total. The topological polar surface area (TPSA) is 62.4 Å². The molecule has 22 heavy (non-hydrogen) atoms. The highest BCUT2D eigenvalue weighted by Gasteiger charge is 2.18. The quantitative estimate of drug-likeness (QED) is 0.731. The average Bonchev–Trinajstić information content (AvgIpc) is 2.56. The molecule has 1 aliphatic heterocycles. The van der Waals surface area contributed by atoms with E-state index >= 15 is 0 Å². The van der Waals surface area contributed by atoms with Crippen LogP contribution in [0.15, 0.2) is 12.1 Å². The van der Waals surface area contributed by atoms with Gasteiger partial charge < -0.3 is 20.7 Å². The molecule has 1 aromatic rings. The second kappa shape index (κ2) is 6.52. The summed E-state index contributed by atoms with van der Waals surface area (Å²) in [6.45, 7) is 6.14. The van der Waals surface area contributed by atoms with E-state index in [1.807, 2.05) is 32.9 Å². The molecule has 0 radical (unpaired) electrons. The Labute approximate surface area is 136 Å². The number of fused-ring (bicyclic) bond motifs is 1. The first kappa shape index (κ1) is 16.5. The van der Waals surface area contributed by atoms with Crippen molar-refractivity contribution in [3.8, 4) is 5.75 Å². The van der Waals surface area contributed by atoms with Gasteiger partial charge in [-0.3, -0.25) is 4.79 Å². The van der Waals surface area contributed by atoms with E-state index in [0.717, 1.165) is 29.8 Å². The summed E-state index contributed by atoms with van der Waals surface area (Å²) in [5.74, 6) is 0.699. The zero-order chi connectivity index (χ0) is 16.3. The maximum atomic E-state index is 11.7. The Morgan fingerprint density at radius 2 is 2.05 bits per heavy atom. The van der Waals surface area contributed by atoms with Gasteiger partial charge in [0, 0.05) is 23.7 Å². The molecule has 0 saturated heterocycles. The van der Waals surface area contributed by atoms with Crippen LogP contribution in [-0.4, -0.2) is 23.7 Å². The molecule has 120 valence electrons. The molecule has 0 fully saturated rings. The van der Waals surface area contributed by atoms with Crippen LogP contribution in [0.25, 0.3) is 0 Å². The number of benzene rings is 1. The zero-order valence-corrected chi connectivity index (χ0v) is 14.3. The van der Waals surface area contributed by atoms with E-state index in [1.54, 1.807) is 7.11 Å². The molecule has 0 spiro atoms. The number of nitrogens with one attached hydrogen (secondary N) is 3. The molecular formula is C16H23N3O2S. The molecule has 0 aromatic heterocycles. The highest BCUT2D eigenvalue weighted by atomic mass is 32.1. The largest absolute Gasteiger partial charge is 0.494 e. The second-order valence-electron chi connectivity index (χ2n) is 6.44. The summed E-state index contributed by atoms with van der Waals surface area (Å²) in [6, 6.07) is 3.84. The number of hydrogen-bond acceptors (Lipinski definition) is 3. The number of hydrogen-bond donors (Lipinski definition) is 3. The third kappa shape index (κ3) is 4.34. The van der Waals surface area contributed by atoms with Crippen molar-refractivity contribution in [2.45, 2.75) is 45.6 Å². The van der Waals surface area contributed by atoms with Crippen LogP contribution in [0.2, 0.25) is 0 Å². The molecule has 1 heterocycles. The van der Waals surface area contributed by atoms with Crippen LogP contribution in [-0.2, 0) is 11.2 Å². The van der Waals surface area contributed by atoms with E-state index in [2.05, 4.69) is 16.0 Å². The van der Waals surface area contributed by atoms with Crippen LogP contribution in [0.1, 0.15) is 39.2 Å². The first-order valence-corrected chi connectivity index (χ1v) is 7.79. The molecule has 0 saturated carbocycles. The molecule has 0 aliphatic carbocycles. The summed E-state index contributed by atoms with van der Waals surface area (Å²) in [7, 11) is 1.60. The maximum absolute atomic E-state index is 11.7. The second-order valence-corrected chi connectivity index (χ2v) is 6.85. The number of methoxy groups -OCH3 is 1. The highest BCUT2D eigenvalue weighted by Crippen LogP contribution is 2.34. The number of amides is 1. The number of carbonyl (C=O) groups excluding carboxylic acids is 1. The number of ether oxygens (including phenoxy) is 1. The summed E-state index contributed by atoms with van der Waals surface area (Å²) < 4.78 is 5.42. The lowest BCUT2D eigenvalue weighted by Crippen LogP contribution is -2.43. The van der Waals surface area contributed by atoms with E-state index < -0.39 is 0 Å². The van der Waals surface area contributed by atoms with Crippen LogP contribution in [0.3, 0.4) is 0 Å². The van der Waals surface area contributed by atoms with Crippen molar-refractivity contribution in [3.63, 3.8) is 0 Å². The van der Waals surface area contributed by atoms with E-state index in [4.69, 9.17) is 17.0 Å². The standard InChI is InChI=1S/C16H23N3O2S/c1-16(2,3)19-15(22)18-12-8-10-6-5-7-14(20)17-11(10)9-13(12)21-4/h8-9H,5-7H2,1-4H3,(H,17,20)(H2,18,19,22). The number of rotatable bonds is 2. The van der Waals surface area contributed by atoms with Gasteiger partial charge in [0.2, 0.25) is 5.91 Å². The van der Waals surface area contributed by atoms with Crippen LogP contribution in [0.5, 0.6) is 5.75 Å². The molecule has 6 heteroatoms. The number of aryl methyl sites for hydroxylation is 1. The molecule has 3 N–H and O–H groups in total. The predicted octanol–water partition coefficient (Wildman–Crippen LogP) is 3.05. The Morgan fingerprint density at radius 3 is 2.68 bits per heavy atom. The molecule has 1 amide bonds. The van der Waals surface area contributed by atoms with Crippen LogP contribution in [0.4, 0.5) is 11.4 Å². The monoisotopic (exact) mass is 321 g/mol. The summed E-state index contributed by atoms with van der Waals surface area (Å²) in [5.41, 5.74) is 2.60. The van der Waals surface area contributed by atoms with Gasteiger partial charge in [0.25, 0.3) is 0 Å². The summed E-state index contributed by atoms with van der Waals surface area (Å²) in [5, 5.41) is 9.86. The van der Waals surface area contributed by atoms with Crippen molar-refractivity contribution in [3.05, 3.63) is 17.7 Å². The van der Waals surface area contributed by atoms with Gasteiger partial charge in [-0.25, -0.2) is 0 Å². The molecule has 0 atom stereocenters. The summed E-state index contributed by atoms with van der Waals surface area (Å²) in [4.78, 5) is 11.7.